The molecule has 0 spiro atoms. The van der Waals surface area contributed by atoms with Crippen LogP contribution < -0.4 is 10.1 Å². The van der Waals surface area contributed by atoms with Crippen LogP contribution in [0.25, 0.3) is 17.1 Å². The summed E-state index contributed by atoms with van der Waals surface area (Å²) in [6, 6.07) is 15.1. The molecule has 0 radical (unpaired) electrons. The minimum absolute atomic E-state index is 0.0192. The number of rotatable bonds is 9. The number of nitrogens with zero attached hydrogens (tertiary/aromatic N) is 3. The summed E-state index contributed by atoms with van der Waals surface area (Å²) >= 11 is 7.42. The van der Waals surface area contributed by atoms with Gasteiger partial charge in [-0.2, -0.15) is 0 Å². The summed E-state index contributed by atoms with van der Waals surface area (Å²) in [7, 11) is 1.63. The van der Waals surface area contributed by atoms with E-state index >= 15 is 0 Å². The number of carbonyl (C=O) groups excluding carboxylic acids is 1. The molecule has 0 saturated heterocycles. The van der Waals surface area contributed by atoms with Crippen molar-refractivity contribution < 1.29 is 9.53 Å². The van der Waals surface area contributed by atoms with E-state index in [9.17, 15) is 4.79 Å². The minimum atomic E-state index is -0.0192. The summed E-state index contributed by atoms with van der Waals surface area (Å²) in [6.07, 6.45) is 0.956. The largest absolute Gasteiger partial charge is 0.497 e. The van der Waals surface area contributed by atoms with E-state index < -0.39 is 0 Å². The average molecular weight is 445 g/mol. The van der Waals surface area contributed by atoms with Gasteiger partial charge in [-0.1, -0.05) is 49.3 Å². The van der Waals surface area contributed by atoms with Gasteiger partial charge in [0.15, 0.2) is 11.0 Å². The second-order valence-corrected chi connectivity index (χ2v) is 8.55. The Hall–Kier alpha value is -2.51. The first-order valence-corrected chi connectivity index (χ1v) is 11.1. The zero-order valence-electron chi connectivity index (χ0n) is 17.3. The number of benzene rings is 2. The number of amides is 1. The van der Waals surface area contributed by atoms with Crippen LogP contribution in [-0.2, 0) is 4.79 Å². The molecule has 0 aliphatic heterocycles. The number of methoxy groups -OCH3 is 1. The predicted molar refractivity (Wildman–Crippen MR) is 122 cm³/mol. The zero-order chi connectivity index (χ0) is 21.5. The minimum Gasteiger partial charge on any atom is -0.497 e. The van der Waals surface area contributed by atoms with E-state index in [0.717, 1.165) is 23.4 Å². The Morgan fingerprint density at radius 2 is 1.97 bits per heavy atom. The van der Waals surface area contributed by atoms with Crippen molar-refractivity contribution in [2.75, 3.05) is 19.4 Å². The molecule has 2 aromatic carbocycles. The first-order chi connectivity index (χ1) is 14.5. The zero-order valence-corrected chi connectivity index (χ0v) is 18.8. The van der Waals surface area contributed by atoms with E-state index in [1.54, 1.807) is 7.11 Å². The lowest BCUT2D eigenvalue weighted by Crippen LogP contribution is -2.27. The van der Waals surface area contributed by atoms with Crippen molar-refractivity contribution in [2.45, 2.75) is 25.4 Å². The van der Waals surface area contributed by atoms with Crippen LogP contribution in [-0.4, -0.2) is 40.1 Å². The third-order valence-corrected chi connectivity index (χ3v) is 5.60. The van der Waals surface area contributed by atoms with Gasteiger partial charge in [-0.3, -0.25) is 9.36 Å². The predicted octanol–water partition coefficient (Wildman–Crippen LogP) is 4.85. The maximum Gasteiger partial charge on any atom is 0.230 e. The van der Waals surface area contributed by atoms with Gasteiger partial charge in [0.1, 0.15) is 5.75 Å². The van der Waals surface area contributed by atoms with E-state index in [1.165, 1.54) is 11.8 Å². The van der Waals surface area contributed by atoms with Gasteiger partial charge in [0.2, 0.25) is 5.91 Å². The molecule has 3 aromatic rings. The smallest absolute Gasteiger partial charge is 0.230 e. The fraction of sp³-hybridized carbons (Fsp3) is 0.318. The van der Waals surface area contributed by atoms with E-state index in [4.69, 9.17) is 16.3 Å². The van der Waals surface area contributed by atoms with Crippen LogP contribution in [0.1, 0.15) is 20.3 Å². The van der Waals surface area contributed by atoms with Crippen LogP contribution >= 0.6 is 23.4 Å². The summed E-state index contributed by atoms with van der Waals surface area (Å²) < 4.78 is 7.27. The number of ether oxygens (including phenoxy) is 1. The lowest BCUT2D eigenvalue weighted by Gasteiger charge is -2.11. The van der Waals surface area contributed by atoms with Crippen LogP contribution in [0.5, 0.6) is 5.75 Å². The number of halogens is 1. The SMILES string of the molecule is COc1cccc(-c2nnc(SCC(=O)NCCC(C)C)n2-c2ccc(Cl)cc2)c1. The second-order valence-electron chi connectivity index (χ2n) is 7.17. The number of hydrogen-bond donors (Lipinski definition) is 1. The summed E-state index contributed by atoms with van der Waals surface area (Å²) in [5, 5.41) is 13.0. The molecular weight excluding hydrogens is 420 g/mol. The van der Waals surface area contributed by atoms with Crippen LogP contribution in [0, 0.1) is 5.92 Å². The molecule has 158 valence electrons. The van der Waals surface area contributed by atoms with Crippen molar-refractivity contribution in [3.05, 3.63) is 53.6 Å². The van der Waals surface area contributed by atoms with Crippen molar-refractivity contribution in [2.24, 2.45) is 5.92 Å². The number of hydrogen-bond acceptors (Lipinski definition) is 5. The molecule has 0 fully saturated rings. The van der Waals surface area contributed by atoms with Crippen molar-refractivity contribution >= 4 is 29.3 Å². The molecule has 3 rings (SSSR count). The molecule has 0 unspecified atom stereocenters. The van der Waals surface area contributed by atoms with Gasteiger partial charge in [0, 0.05) is 22.8 Å². The van der Waals surface area contributed by atoms with Crippen LogP contribution in [0.3, 0.4) is 0 Å². The van der Waals surface area contributed by atoms with Crippen LogP contribution in [0.2, 0.25) is 5.02 Å². The molecule has 0 atom stereocenters. The molecule has 1 heterocycles. The summed E-state index contributed by atoms with van der Waals surface area (Å²) in [6.45, 7) is 4.95. The van der Waals surface area contributed by atoms with Crippen molar-refractivity contribution in [1.29, 1.82) is 0 Å². The highest BCUT2D eigenvalue weighted by molar-refractivity contribution is 7.99. The topological polar surface area (TPSA) is 69.0 Å². The molecule has 1 N–H and O–H groups in total. The first kappa shape index (κ1) is 22.2. The van der Waals surface area contributed by atoms with E-state index in [2.05, 4.69) is 29.4 Å². The van der Waals surface area contributed by atoms with Crippen molar-refractivity contribution in [3.8, 4) is 22.8 Å². The highest BCUT2D eigenvalue weighted by Crippen LogP contribution is 2.30. The van der Waals surface area contributed by atoms with Gasteiger partial charge in [-0.25, -0.2) is 0 Å². The van der Waals surface area contributed by atoms with Gasteiger partial charge in [-0.05, 0) is 48.7 Å². The fourth-order valence-electron chi connectivity index (χ4n) is 2.82. The second kappa shape index (κ2) is 10.5. The molecular formula is C22H25ClN4O2S. The lowest BCUT2D eigenvalue weighted by molar-refractivity contribution is -0.118. The first-order valence-electron chi connectivity index (χ1n) is 9.73. The van der Waals surface area contributed by atoms with Crippen molar-refractivity contribution in [3.63, 3.8) is 0 Å². The Kier molecular flexibility index (Phi) is 7.76. The van der Waals surface area contributed by atoms with Gasteiger partial charge in [-0.15, -0.1) is 10.2 Å². The summed E-state index contributed by atoms with van der Waals surface area (Å²) in [5.41, 5.74) is 1.73. The van der Waals surface area contributed by atoms with Crippen LogP contribution in [0.4, 0.5) is 0 Å². The molecule has 6 nitrogen and oxygen atoms in total. The average Bonchev–Trinajstić information content (AvgIpc) is 3.16. The quantitative estimate of drug-likeness (QED) is 0.478. The molecule has 0 aliphatic rings. The Balaban J connectivity index is 1.87. The van der Waals surface area contributed by atoms with Gasteiger partial charge >= 0.3 is 0 Å². The molecule has 1 amide bonds. The molecule has 30 heavy (non-hydrogen) atoms. The van der Waals surface area contributed by atoms with E-state index in [1.807, 2.05) is 53.1 Å². The van der Waals surface area contributed by atoms with Crippen LogP contribution in [0.15, 0.2) is 53.7 Å². The Bertz CT molecular complexity index is 989. The van der Waals surface area contributed by atoms with Gasteiger partial charge in [0.05, 0.1) is 12.9 Å². The lowest BCUT2D eigenvalue weighted by atomic mass is 10.1. The highest BCUT2D eigenvalue weighted by Gasteiger charge is 2.18. The van der Waals surface area contributed by atoms with E-state index in [-0.39, 0.29) is 11.7 Å². The molecule has 0 bridgehead atoms. The molecule has 8 heteroatoms. The van der Waals surface area contributed by atoms with Crippen molar-refractivity contribution in [1.82, 2.24) is 20.1 Å². The maximum atomic E-state index is 12.2. The number of aromatic nitrogens is 3. The number of carbonyl (C=O) groups is 1. The monoisotopic (exact) mass is 444 g/mol. The Labute approximate surface area is 186 Å². The maximum absolute atomic E-state index is 12.2. The standard InChI is InChI=1S/C22H25ClN4O2S/c1-15(2)11-12-24-20(28)14-30-22-26-25-21(16-5-4-6-19(13-16)29-3)27(22)18-9-7-17(23)8-10-18/h4-10,13,15H,11-12,14H2,1-3H3,(H,24,28). The third kappa shape index (κ3) is 5.77. The molecule has 0 aliphatic carbocycles. The fourth-order valence-corrected chi connectivity index (χ4v) is 3.72. The normalized spacial score (nSPS) is 11.0. The van der Waals surface area contributed by atoms with E-state index in [0.29, 0.717) is 28.5 Å². The Morgan fingerprint density at radius 3 is 2.67 bits per heavy atom. The summed E-state index contributed by atoms with van der Waals surface area (Å²) in [5.74, 6) is 2.20. The van der Waals surface area contributed by atoms with Gasteiger partial charge < -0.3 is 10.1 Å². The molecule has 0 saturated carbocycles. The summed E-state index contributed by atoms with van der Waals surface area (Å²) in [4.78, 5) is 12.2. The van der Waals surface area contributed by atoms with Gasteiger partial charge in [0.25, 0.3) is 0 Å². The highest BCUT2D eigenvalue weighted by atomic mass is 35.5. The number of thioether (sulfide) groups is 1. The number of nitrogens with one attached hydrogen (secondary N) is 1. The Morgan fingerprint density at radius 1 is 1.20 bits per heavy atom. The third-order valence-electron chi connectivity index (χ3n) is 4.42. The molecule has 1 aromatic heterocycles.